The largest absolute Gasteiger partial charge is 0.370 e. The molecule has 0 aliphatic carbocycles. The van der Waals surface area contributed by atoms with E-state index in [2.05, 4.69) is 37.0 Å². The van der Waals surface area contributed by atoms with Gasteiger partial charge < -0.3 is 16.0 Å². The van der Waals surface area contributed by atoms with E-state index in [1.807, 2.05) is 30.3 Å². The third-order valence-corrected chi connectivity index (χ3v) is 5.88. The van der Waals surface area contributed by atoms with Gasteiger partial charge in [-0.3, -0.25) is 9.59 Å². The lowest BCUT2D eigenvalue weighted by Gasteiger charge is -2.12. The molecule has 0 fully saturated rings. The van der Waals surface area contributed by atoms with E-state index >= 15 is 0 Å². The molecule has 10 heteroatoms. The van der Waals surface area contributed by atoms with Crippen molar-refractivity contribution in [3.8, 4) is 11.3 Å². The van der Waals surface area contributed by atoms with E-state index in [0.717, 1.165) is 21.5 Å². The van der Waals surface area contributed by atoms with E-state index in [4.69, 9.17) is 16.6 Å². The van der Waals surface area contributed by atoms with Gasteiger partial charge in [0.1, 0.15) is 5.82 Å². The minimum atomic E-state index is -0.169. The zero-order valence-corrected chi connectivity index (χ0v) is 20.7. The fourth-order valence-corrected chi connectivity index (χ4v) is 3.97. The maximum Gasteiger partial charge on any atom is 0.251 e. The minimum Gasteiger partial charge on any atom is -0.370 e. The van der Waals surface area contributed by atoms with E-state index in [1.165, 1.54) is 6.92 Å². The van der Waals surface area contributed by atoms with Crippen molar-refractivity contribution < 1.29 is 9.59 Å². The Bertz CT molecular complexity index is 1340. The fourth-order valence-electron chi connectivity index (χ4n) is 3.39. The van der Waals surface area contributed by atoms with Crippen LogP contribution in [0.15, 0.2) is 65.3 Å². The van der Waals surface area contributed by atoms with Crippen LogP contribution in [0.1, 0.15) is 23.7 Å². The number of hydrogen-bond acceptors (Lipinski definition) is 5. The van der Waals surface area contributed by atoms with Crippen molar-refractivity contribution in [2.75, 3.05) is 23.7 Å². The van der Waals surface area contributed by atoms with Gasteiger partial charge in [-0.05, 0) is 52.7 Å². The van der Waals surface area contributed by atoms with Crippen molar-refractivity contribution in [2.24, 2.45) is 0 Å². The Labute approximate surface area is 209 Å². The summed E-state index contributed by atoms with van der Waals surface area (Å²) in [5, 5.41) is 14.0. The highest BCUT2D eigenvalue weighted by Crippen LogP contribution is 2.30. The van der Waals surface area contributed by atoms with Gasteiger partial charge in [0.25, 0.3) is 5.91 Å². The second kappa shape index (κ2) is 10.7. The van der Waals surface area contributed by atoms with Crippen molar-refractivity contribution in [1.82, 2.24) is 19.9 Å². The molecule has 0 bridgehead atoms. The lowest BCUT2D eigenvalue weighted by Crippen LogP contribution is -2.26. The first-order valence-corrected chi connectivity index (χ1v) is 11.8. The summed E-state index contributed by atoms with van der Waals surface area (Å²) < 4.78 is 2.50. The predicted octanol–water partition coefficient (Wildman–Crippen LogP) is 5.00. The summed E-state index contributed by atoms with van der Waals surface area (Å²) in [7, 11) is 0. The number of nitrogens with one attached hydrogen (secondary N) is 3. The van der Waals surface area contributed by atoms with Crippen molar-refractivity contribution in [1.29, 1.82) is 0 Å². The van der Waals surface area contributed by atoms with Crippen LogP contribution < -0.4 is 16.0 Å². The number of aromatic nitrogens is 3. The highest BCUT2D eigenvalue weighted by atomic mass is 79.9. The van der Waals surface area contributed by atoms with Gasteiger partial charge in [-0.2, -0.15) is 9.61 Å². The topological polar surface area (TPSA) is 100 Å². The highest BCUT2D eigenvalue weighted by molar-refractivity contribution is 9.10. The zero-order chi connectivity index (χ0) is 24.1. The molecule has 0 atom stereocenters. The molecule has 2 heterocycles. The van der Waals surface area contributed by atoms with Crippen LogP contribution in [0.4, 0.5) is 11.5 Å². The molecule has 0 aliphatic heterocycles. The van der Waals surface area contributed by atoms with Crippen LogP contribution in [0, 0.1) is 0 Å². The Morgan fingerprint density at radius 3 is 2.59 bits per heavy atom. The van der Waals surface area contributed by atoms with Gasteiger partial charge in [-0.25, -0.2) is 4.98 Å². The standard InChI is InChI=1S/C24H22BrClN6O2/c1-15(33)30-17-9-7-16(8-10-17)24(34)28-12-4-11-27-22-13-21(18-5-2-3-6-20(18)26)31-23-19(25)14-29-32(22)23/h2-3,5-10,13-14,27H,4,11-12H2,1H3,(H,28,34)(H,30,33). The summed E-state index contributed by atoms with van der Waals surface area (Å²) in [5.74, 6) is 0.445. The van der Waals surface area contributed by atoms with Crippen LogP contribution >= 0.6 is 27.5 Å². The Hall–Kier alpha value is -3.43. The average molecular weight is 542 g/mol. The van der Waals surface area contributed by atoms with Gasteiger partial charge in [-0.15, -0.1) is 0 Å². The molecule has 8 nitrogen and oxygen atoms in total. The molecule has 4 aromatic rings. The smallest absolute Gasteiger partial charge is 0.251 e. The first-order valence-electron chi connectivity index (χ1n) is 10.6. The van der Waals surface area contributed by atoms with Gasteiger partial charge in [0.2, 0.25) is 5.91 Å². The molecule has 0 radical (unpaired) electrons. The normalized spacial score (nSPS) is 10.8. The van der Waals surface area contributed by atoms with Gasteiger partial charge >= 0.3 is 0 Å². The van der Waals surface area contributed by atoms with Crippen molar-refractivity contribution in [3.05, 3.63) is 75.9 Å². The summed E-state index contributed by atoms with van der Waals surface area (Å²) in [6, 6.07) is 16.2. The molecule has 3 N–H and O–H groups in total. The van der Waals surface area contributed by atoms with Crippen LogP contribution in [0.5, 0.6) is 0 Å². The minimum absolute atomic E-state index is 0.155. The van der Waals surface area contributed by atoms with Gasteiger partial charge in [0, 0.05) is 47.9 Å². The molecular weight excluding hydrogens is 520 g/mol. The third kappa shape index (κ3) is 5.55. The predicted molar refractivity (Wildman–Crippen MR) is 137 cm³/mol. The maximum absolute atomic E-state index is 12.4. The lowest BCUT2D eigenvalue weighted by molar-refractivity contribution is -0.114. The van der Waals surface area contributed by atoms with Gasteiger partial charge in [0.05, 0.1) is 16.4 Å². The van der Waals surface area contributed by atoms with Crippen LogP contribution in [-0.2, 0) is 4.79 Å². The monoisotopic (exact) mass is 540 g/mol. The van der Waals surface area contributed by atoms with Crippen molar-refractivity contribution >= 4 is 56.5 Å². The van der Waals surface area contributed by atoms with Crippen LogP contribution in [-0.4, -0.2) is 39.5 Å². The number of benzene rings is 2. The van der Waals surface area contributed by atoms with E-state index in [9.17, 15) is 9.59 Å². The van der Waals surface area contributed by atoms with Crippen LogP contribution in [0.25, 0.3) is 16.9 Å². The molecule has 0 aliphatic rings. The molecule has 0 saturated carbocycles. The second-order valence-electron chi connectivity index (χ2n) is 7.53. The maximum atomic E-state index is 12.4. The van der Waals surface area contributed by atoms with E-state index in [1.54, 1.807) is 35.0 Å². The molecule has 2 aromatic heterocycles. The number of fused-ring (bicyclic) bond motifs is 1. The molecule has 0 unspecified atom stereocenters. The average Bonchev–Trinajstić information content (AvgIpc) is 3.20. The van der Waals surface area contributed by atoms with E-state index < -0.39 is 0 Å². The highest BCUT2D eigenvalue weighted by Gasteiger charge is 2.13. The number of anilines is 2. The Balaban J connectivity index is 1.37. The number of amides is 2. The SMILES string of the molecule is CC(=O)Nc1ccc(C(=O)NCCCNc2cc(-c3ccccc3Cl)nc3c(Br)cnn23)cc1. The first kappa shape index (κ1) is 23.7. The molecule has 174 valence electrons. The molecular formula is C24H22BrClN6O2. The lowest BCUT2D eigenvalue weighted by atomic mass is 10.1. The Morgan fingerprint density at radius 1 is 1.09 bits per heavy atom. The Kier molecular flexibility index (Phi) is 7.44. The van der Waals surface area contributed by atoms with Crippen LogP contribution in [0.2, 0.25) is 5.02 Å². The summed E-state index contributed by atoms with van der Waals surface area (Å²) >= 11 is 9.88. The molecule has 2 aromatic carbocycles. The van der Waals surface area contributed by atoms with Gasteiger partial charge in [0.15, 0.2) is 5.65 Å². The molecule has 0 spiro atoms. The number of hydrogen-bond donors (Lipinski definition) is 3. The first-order chi connectivity index (χ1) is 16.4. The van der Waals surface area contributed by atoms with Crippen molar-refractivity contribution in [2.45, 2.75) is 13.3 Å². The summed E-state index contributed by atoms with van der Waals surface area (Å²) in [4.78, 5) is 28.2. The zero-order valence-electron chi connectivity index (χ0n) is 18.3. The molecule has 4 rings (SSSR count). The number of halogens is 2. The number of rotatable bonds is 8. The molecule has 2 amide bonds. The van der Waals surface area contributed by atoms with E-state index in [-0.39, 0.29) is 11.8 Å². The fraction of sp³-hybridized carbons (Fsp3) is 0.167. The number of carbonyl (C=O) groups is 2. The summed E-state index contributed by atoms with van der Waals surface area (Å²) in [6.07, 6.45) is 2.39. The number of carbonyl (C=O) groups excluding carboxylic acids is 2. The summed E-state index contributed by atoms with van der Waals surface area (Å²) in [5.41, 5.74) is 3.43. The second-order valence-corrected chi connectivity index (χ2v) is 8.79. The third-order valence-electron chi connectivity index (χ3n) is 4.99. The quantitative estimate of drug-likeness (QED) is 0.273. The number of nitrogens with zero attached hydrogens (tertiary/aromatic N) is 3. The Morgan fingerprint density at radius 2 is 1.85 bits per heavy atom. The van der Waals surface area contributed by atoms with Crippen LogP contribution in [0.3, 0.4) is 0 Å². The molecule has 0 saturated heterocycles. The van der Waals surface area contributed by atoms with E-state index in [0.29, 0.717) is 41.4 Å². The molecule has 34 heavy (non-hydrogen) atoms. The summed E-state index contributed by atoms with van der Waals surface area (Å²) in [6.45, 7) is 2.54. The van der Waals surface area contributed by atoms with Crippen molar-refractivity contribution in [3.63, 3.8) is 0 Å². The van der Waals surface area contributed by atoms with Gasteiger partial charge in [-0.1, -0.05) is 29.8 Å².